The van der Waals surface area contributed by atoms with E-state index in [0.29, 0.717) is 0 Å². The number of fused-ring (bicyclic) bond motifs is 1. The van der Waals surface area contributed by atoms with Crippen LogP contribution in [0.1, 0.15) is 38.8 Å². The maximum atomic E-state index is 5.99. The predicted octanol–water partition coefficient (Wildman–Crippen LogP) is 4.49. The Morgan fingerprint density at radius 3 is 2.29 bits per heavy atom. The minimum absolute atomic E-state index is 0.000358. The lowest BCUT2D eigenvalue weighted by Crippen LogP contribution is -2.30. The molecule has 0 saturated heterocycles. The first-order valence-electron chi connectivity index (χ1n) is 7.44. The smallest absolute Gasteiger partial charge is 0.299 e. The Hall–Kier alpha value is -2.09. The summed E-state index contributed by atoms with van der Waals surface area (Å²) < 4.78 is 8.17. The van der Waals surface area contributed by atoms with E-state index in [-0.39, 0.29) is 11.6 Å². The van der Waals surface area contributed by atoms with E-state index < -0.39 is 0 Å². The minimum atomic E-state index is 0.000358. The molecule has 108 valence electrons. The monoisotopic (exact) mass is 280 g/mol. The van der Waals surface area contributed by atoms with Gasteiger partial charge in [-0.15, -0.1) is 0 Å². The molecule has 0 bridgehead atoms. The molecule has 0 amide bonds. The van der Waals surface area contributed by atoms with Crippen LogP contribution in [0.15, 0.2) is 48.5 Å². The van der Waals surface area contributed by atoms with Gasteiger partial charge in [0.2, 0.25) is 5.69 Å². The fourth-order valence-corrected chi connectivity index (χ4v) is 2.61. The minimum Gasteiger partial charge on any atom is -0.433 e. The molecule has 1 heterocycles. The van der Waals surface area contributed by atoms with Gasteiger partial charge in [0.05, 0.1) is 5.56 Å². The zero-order chi connectivity index (χ0) is 15.0. The van der Waals surface area contributed by atoms with E-state index in [2.05, 4.69) is 68.8 Å². The molecule has 1 aliphatic heterocycles. The summed E-state index contributed by atoms with van der Waals surface area (Å²) in [6, 6.07) is 16.9. The molecule has 2 aromatic rings. The lowest BCUT2D eigenvalue weighted by Gasteiger charge is -2.21. The zero-order valence-corrected chi connectivity index (χ0v) is 13.1. The quantitative estimate of drug-likeness (QED) is 0.701. The van der Waals surface area contributed by atoms with E-state index in [4.69, 9.17) is 4.74 Å². The van der Waals surface area contributed by atoms with Gasteiger partial charge < -0.3 is 4.74 Å². The van der Waals surface area contributed by atoms with Crippen LogP contribution in [0.3, 0.4) is 0 Å². The molecule has 2 heteroatoms. The van der Waals surface area contributed by atoms with Crippen LogP contribution >= 0.6 is 0 Å². The second kappa shape index (κ2) is 5.03. The van der Waals surface area contributed by atoms with Crippen molar-refractivity contribution in [2.45, 2.75) is 39.3 Å². The van der Waals surface area contributed by atoms with Crippen molar-refractivity contribution in [3.63, 3.8) is 0 Å². The third kappa shape index (κ3) is 2.71. The highest BCUT2D eigenvalue weighted by molar-refractivity contribution is 5.81. The van der Waals surface area contributed by atoms with Crippen LogP contribution in [0.25, 0.3) is 0 Å². The van der Waals surface area contributed by atoms with Crippen molar-refractivity contribution in [1.82, 2.24) is 0 Å². The molecule has 2 aromatic carbocycles. The number of benzene rings is 2. The van der Waals surface area contributed by atoms with Crippen molar-refractivity contribution in [3.8, 4) is 5.75 Å². The Bertz CT molecular complexity index is 677. The van der Waals surface area contributed by atoms with Gasteiger partial charge in [0.25, 0.3) is 6.23 Å². The Kier molecular flexibility index (Phi) is 3.32. The molecule has 1 atom stereocenters. The molecule has 1 aliphatic rings. The standard InChI is InChI=1S/C19H22NO/c1-14-20(13-15-7-5-6-8-18(15)21-14)17-11-9-16(10-12-17)19(2,3)4/h5-14H,1-4H3/q+1. The first-order chi connectivity index (χ1) is 9.95. The molecule has 3 rings (SSSR count). The van der Waals surface area contributed by atoms with Crippen LogP contribution < -0.4 is 4.74 Å². The van der Waals surface area contributed by atoms with Crippen molar-refractivity contribution in [1.29, 1.82) is 0 Å². The molecule has 0 radical (unpaired) electrons. The summed E-state index contributed by atoms with van der Waals surface area (Å²) in [5.74, 6) is 0.951. The van der Waals surface area contributed by atoms with Crippen molar-refractivity contribution >= 4 is 11.9 Å². The Morgan fingerprint density at radius 1 is 0.952 bits per heavy atom. The van der Waals surface area contributed by atoms with Crippen molar-refractivity contribution in [2.75, 3.05) is 0 Å². The summed E-state index contributed by atoms with van der Waals surface area (Å²) in [7, 11) is 0. The molecular weight excluding hydrogens is 258 g/mol. The largest absolute Gasteiger partial charge is 0.433 e. The zero-order valence-electron chi connectivity index (χ0n) is 13.1. The molecule has 0 N–H and O–H groups in total. The first-order valence-corrected chi connectivity index (χ1v) is 7.44. The molecule has 2 nitrogen and oxygen atoms in total. The second-order valence-electron chi connectivity index (χ2n) is 6.59. The molecule has 0 saturated carbocycles. The predicted molar refractivity (Wildman–Crippen MR) is 86.8 cm³/mol. The van der Waals surface area contributed by atoms with Gasteiger partial charge in [0.15, 0.2) is 6.21 Å². The van der Waals surface area contributed by atoms with E-state index in [1.165, 1.54) is 5.56 Å². The number of ether oxygens (including phenoxy) is 1. The summed E-state index contributed by atoms with van der Waals surface area (Å²) in [6.07, 6.45) is 2.16. The SMILES string of the molecule is CC1Oc2ccccc2C=[N+]1c1ccc(C(C)(C)C)cc1. The van der Waals surface area contributed by atoms with Crippen molar-refractivity contribution in [3.05, 3.63) is 59.7 Å². The average molecular weight is 280 g/mol. The normalized spacial score (nSPS) is 17.7. The van der Waals surface area contributed by atoms with Crippen LogP contribution in [0.4, 0.5) is 5.69 Å². The number of rotatable bonds is 1. The van der Waals surface area contributed by atoms with Crippen LogP contribution in [-0.4, -0.2) is 17.0 Å². The van der Waals surface area contributed by atoms with Crippen molar-refractivity contribution in [2.24, 2.45) is 0 Å². The Labute approximate surface area is 126 Å². The maximum absolute atomic E-state index is 5.99. The maximum Gasteiger partial charge on any atom is 0.299 e. The third-order valence-corrected chi connectivity index (χ3v) is 3.92. The number of hydrogen-bond donors (Lipinski definition) is 0. The van der Waals surface area contributed by atoms with Crippen LogP contribution in [0.2, 0.25) is 0 Å². The van der Waals surface area contributed by atoms with Gasteiger partial charge in [-0.2, -0.15) is 4.58 Å². The topological polar surface area (TPSA) is 12.2 Å². The van der Waals surface area contributed by atoms with Gasteiger partial charge in [-0.05, 0) is 23.1 Å². The highest BCUT2D eigenvalue weighted by Gasteiger charge is 2.26. The highest BCUT2D eigenvalue weighted by Crippen LogP contribution is 2.28. The number of hydrogen-bond acceptors (Lipinski definition) is 1. The fourth-order valence-electron chi connectivity index (χ4n) is 2.61. The van der Waals surface area contributed by atoms with Gasteiger partial charge >= 0.3 is 0 Å². The Balaban J connectivity index is 1.99. The highest BCUT2D eigenvalue weighted by atomic mass is 16.5. The van der Waals surface area contributed by atoms with Gasteiger partial charge in [-0.25, -0.2) is 0 Å². The summed E-state index contributed by atoms with van der Waals surface area (Å²) in [5, 5.41) is 0. The first kappa shape index (κ1) is 13.9. The second-order valence-corrected chi connectivity index (χ2v) is 6.59. The Morgan fingerprint density at radius 2 is 1.62 bits per heavy atom. The fraction of sp³-hybridized carbons (Fsp3) is 0.316. The lowest BCUT2D eigenvalue weighted by molar-refractivity contribution is -0.522. The number of nitrogens with zero attached hydrogens (tertiary/aromatic N) is 1. The average Bonchev–Trinajstić information content (AvgIpc) is 2.46. The molecule has 1 unspecified atom stereocenters. The third-order valence-electron chi connectivity index (χ3n) is 3.92. The van der Waals surface area contributed by atoms with E-state index in [9.17, 15) is 0 Å². The molecule has 0 fully saturated rings. The van der Waals surface area contributed by atoms with E-state index in [1.807, 2.05) is 18.2 Å². The van der Waals surface area contributed by atoms with Gasteiger partial charge in [0, 0.05) is 19.1 Å². The van der Waals surface area contributed by atoms with Crippen LogP contribution in [0.5, 0.6) is 5.75 Å². The van der Waals surface area contributed by atoms with Gasteiger partial charge in [-0.1, -0.05) is 45.0 Å². The number of para-hydroxylation sites is 1. The van der Waals surface area contributed by atoms with E-state index in [1.54, 1.807) is 0 Å². The summed E-state index contributed by atoms with van der Waals surface area (Å²) in [6.45, 7) is 8.77. The summed E-state index contributed by atoms with van der Waals surface area (Å²) in [5.41, 5.74) is 3.80. The van der Waals surface area contributed by atoms with Crippen molar-refractivity contribution < 1.29 is 9.31 Å². The van der Waals surface area contributed by atoms with Gasteiger partial charge in [0.1, 0.15) is 5.75 Å². The molecule has 0 spiro atoms. The van der Waals surface area contributed by atoms with Crippen LogP contribution in [-0.2, 0) is 5.41 Å². The molecule has 0 aliphatic carbocycles. The van der Waals surface area contributed by atoms with E-state index in [0.717, 1.165) is 17.0 Å². The van der Waals surface area contributed by atoms with Crippen LogP contribution in [0, 0.1) is 0 Å². The van der Waals surface area contributed by atoms with Gasteiger partial charge in [-0.3, -0.25) is 0 Å². The molecule has 0 aromatic heterocycles. The summed E-state index contributed by atoms with van der Waals surface area (Å²) in [4.78, 5) is 0. The summed E-state index contributed by atoms with van der Waals surface area (Å²) >= 11 is 0. The molecular formula is C19H22NO+. The van der Waals surface area contributed by atoms with E-state index >= 15 is 0 Å². The molecule has 21 heavy (non-hydrogen) atoms. The lowest BCUT2D eigenvalue weighted by atomic mass is 9.87.